The van der Waals surface area contributed by atoms with Crippen LogP contribution in [0.3, 0.4) is 0 Å². The van der Waals surface area contributed by atoms with Gasteiger partial charge in [-0.1, -0.05) is 18.1 Å². The molecular weight excluding hydrogens is 491 g/mol. The number of hydrogen-bond acceptors (Lipinski definition) is 8. The van der Waals surface area contributed by atoms with Crippen LogP contribution in [0.1, 0.15) is 42.8 Å². The van der Waals surface area contributed by atoms with Gasteiger partial charge in [0.05, 0.1) is 11.9 Å². The number of benzene rings is 1. The zero-order valence-electron chi connectivity index (χ0n) is 21.3. The molecular formula is C26H27FN8O3. The van der Waals surface area contributed by atoms with Crippen molar-refractivity contribution < 1.29 is 18.5 Å². The standard InChI is InChI=1S/C26H27FN8O3/c1-5-13(2)30-22-10-21(32-24-17(12-29-35(22)24)8-20-25(36)33-26(37)31-20)28-11-16-6-7-18(27)9-19(16)23-14(3)34-38-15(23)4/h6-10,12-13,30H,5,11H2,1-4H3,(H,28,32)(H2,31,33,36,37)/b20-8-. The second kappa shape index (κ2) is 9.96. The number of carbonyl (C=O) groups excluding carboxylic acids is 2. The summed E-state index contributed by atoms with van der Waals surface area (Å²) in [6.45, 7) is 8.08. The molecule has 4 aromatic rings. The van der Waals surface area contributed by atoms with E-state index in [1.165, 1.54) is 18.2 Å². The third-order valence-corrected chi connectivity index (χ3v) is 6.36. The third-order valence-electron chi connectivity index (χ3n) is 6.36. The first-order chi connectivity index (χ1) is 18.2. The number of anilines is 2. The molecule has 4 N–H and O–H groups in total. The SMILES string of the molecule is CCC(C)Nc1cc(NCc2ccc(F)cc2-c2c(C)noc2C)nc2c(/C=C3\NC(=O)NC3=O)cnn12. The molecule has 3 aromatic heterocycles. The van der Waals surface area contributed by atoms with Gasteiger partial charge in [0, 0.05) is 29.8 Å². The van der Waals surface area contributed by atoms with Crippen LogP contribution in [-0.4, -0.2) is 37.7 Å². The maximum Gasteiger partial charge on any atom is 0.326 e. The van der Waals surface area contributed by atoms with Crippen molar-refractivity contribution in [1.29, 1.82) is 0 Å². The number of carbonyl (C=O) groups is 2. The smallest absolute Gasteiger partial charge is 0.326 e. The van der Waals surface area contributed by atoms with E-state index in [1.807, 2.05) is 13.0 Å². The van der Waals surface area contributed by atoms with E-state index in [0.29, 0.717) is 46.4 Å². The van der Waals surface area contributed by atoms with Gasteiger partial charge in [0.25, 0.3) is 5.91 Å². The minimum Gasteiger partial charge on any atom is -0.367 e. The molecule has 0 spiro atoms. The number of hydrogen-bond donors (Lipinski definition) is 4. The summed E-state index contributed by atoms with van der Waals surface area (Å²) < 4.78 is 21.2. The molecule has 1 fully saturated rings. The normalized spacial score (nSPS) is 15.1. The lowest BCUT2D eigenvalue weighted by Crippen LogP contribution is -2.22. The molecule has 4 heterocycles. The first-order valence-electron chi connectivity index (χ1n) is 12.2. The Balaban J connectivity index is 1.53. The molecule has 3 amide bonds. The van der Waals surface area contributed by atoms with Gasteiger partial charge in [-0.2, -0.15) is 9.61 Å². The van der Waals surface area contributed by atoms with Crippen LogP contribution in [0.5, 0.6) is 0 Å². The summed E-state index contributed by atoms with van der Waals surface area (Å²) in [6, 6.07) is 6.01. The Bertz CT molecular complexity index is 1570. The first-order valence-corrected chi connectivity index (χ1v) is 12.2. The molecule has 38 heavy (non-hydrogen) atoms. The zero-order chi connectivity index (χ0) is 27.0. The Morgan fingerprint density at radius 2 is 2.03 bits per heavy atom. The minimum atomic E-state index is -0.583. The molecule has 11 nitrogen and oxygen atoms in total. The van der Waals surface area contributed by atoms with Crippen LogP contribution in [-0.2, 0) is 11.3 Å². The third kappa shape index (κ3) is 4.80. The Labute approximate surface area is 217 Å². The van der Waals surface area contributed by atoms with Crippen LogP contribution in [0, 0.1) is 19.7 Å². The molecule has 0 bridgehead atoms. The number of nitrogens with one attached hydrogen (secondary N) is 4. The molecule has 1 atom stereocenters. The first kappa shape index (κ1) is 24.9. The number of imide groups is 1. The molecule has 5 rings (SSSR count). The Kier molecular flexibility index (Phi) is 6.53. The van der Waals surface area contributed by atoms with E-state index < -0.39 is 11.9 Å². The Morgan fingerprint density at radius 1 is 1.21 bits per heavy atom. The lowest BCUT2D eigenvalue weighted by Gasteiger charge is -2.16. The quantitative estimate of drug-likeness (QED) is 0.202. The van der Waals surface area contributed by atoms with E-state index in [2.05, 4.69) is 45.4 Å². The van der Waals surface area contributed by atoms with Gasteiger partial charge in [0.1, 0.15) is 28.9 Å². The fourth-order valence-corrected chi connectivity index (χ4v) is 4.26. The van der Waals surface area contributed by atoms with E-state index in [1.54, 1.807) is 23.7 Å². The molecule has 0 radical (unpaired) electrons. The van der Waals surface area contributed by atoms with Crippen LogP contribution in [0.15, 0.2) is 40.7 Å². The van der Waals surface area contributed by atoms with Gasteiger partial charge in [-0.3, -0.25) is 10.1 Å². The predicted octanol–water partition coefficient (Wildman–Crippen LogP) is 4.14. The molecule has 0 saturated carbocycles. The summed E-state index contributed by atoms with van der Waals surface area (Å²) in [6.07, 6.45) is 3.99. The highest BCUT2D eigenvalue weighted by Gasteiger charge is 2.24. The van der Waals surface area contributed by atoms with Crippen molar-refractivity contribution in [3.05, 3.63) is 64.6 Å². The molecule has 0 aliphatic carbocycles. The molecule has 196 valence electrons. The van der Waals surface area contributed by atoms with Crippen LogP contribution in [0.2, 0.25) is 0 Å². The number of rotatable bonds is 8. The van der Waals surface area contributed by atoms with Crippen molar-refractivity contribution in [1.82, 2.24) is 30.4 Å². The highest BCUT2D eigenvalue weighted by Crippen LogP contribution is 2.31. The highest BCUT2D eigenvalue weighted by atomic mass is 19.1. The zero-order valence-corrected chi connectivity index (χ0v) is 21.3. The number of amides is 3. The molecule has 1 aliphatic heterocycles. The topological polar surface area (TPSA) is 138 Å². The second-order valence-corrected chi connectivity index (χ2v) is 9.14. The number of aryl methyl sites for hydroxylation is 2. The monoisotopic (exact) mass is 518 g/mol. The number of aromatic nitrogens is 4. The van der Waals surface area contributed by atoms with Crippen LogP contribution in [0.4, 0.5) is 20.8 Å². The Morgan fingerprint density at radius 3 is 2.71 bits per heavy atom. The van der Waals surface area contributed by atoms with Crippen LogP contribution < -0.4 is 21.3 Å². The number of halogens is 1. The summed E-state index contributed by atoms with van der Waals surface area (Å²) in [5, 5.41) is 19.9. The largest absolute Gasteiger partial charge is 0.367 e. The summed E-state index contributed by atoms with van der Waals surface area (Å²) in [5.74, 6) is 0.959. The average Bonchev–Trinajstić information content (AvgIpc) is 3.54. The van der Waals surface area contributed by atoms with Gasteiger partial charge in [-0.25, -0.2) is 14.2 Å². The van der Waals surface area contributed by atoms with E-state index >= 15 is 0 Å². The minimum absolute atomic E-state index is 0.108. The van der Waals surface area contributed by atoms with Gasteiger partial charge in [-0.05, 0) is 56.5 Å². The van der Waals surface area contributed by atoms with E-state index in [0.717, 1.165) is 17.5 Å². The van der Waals surface area contributed by atoms with Gasteiger partial charge in [0.15, 0.2) is 5.65 Å². The molecule has 1 unspecified atom stereocenters. The van der Waals surface area contributed by atoms with Crippen LogP contribution in [0.25, 0.3) is 22.9 Å². The molecule has 1 aromatic carbocycles. The summed E-state index contributed by atoms with van der Waals surface area (Å²) in [5.41, 5.74) is 4.08. The van der Waals surface area contributed by atoms with E-state index in [-0.39, 0.29) is 17.6 Å². The highest BCUT2D eigenvalue weighted by molar-refractivity contribution is 6.14. The number of fused-ring (bicyclic) bond motifs is 1. The fraction of sp³-hybridized carbons (Fsp3) is 0.269. The number of nitrogens with zero attached hydrogens (tertiary/aromatic N) is 4. The summed E-state index contributed by atoms with van der Waals surface area (Å²) in [7, 11) is 0. The summed E-state index contributed by atoms with van der Waals surface area (Å²) in [4.78, 5) is 28.3. The average molecular weight is 519 g/mol. The lowest BCUT2D eigenvalue weighted by atomic mass is 9.98. The predicted molar refractivity (Wildman–Crippen MR) is 140 cm³/mol. The van der Waals surface area contributed by atoms with E-state index in [4.69, 9.17) is 9.51 Å². The van der Waals surface area contributed by atoms with Gasteiger partial charge in [0.2, 0.25) is 0 Å². The maximum atomic E-state index is 14.2. The summed E-state index contributed by atoms with van der Waals surface area (Å²) >= 11 is 0. The van der Waals surface area contributed by atoms with Crippen molar-refractivity contribution >= 4 is 35.3 Å². The van der Waals surface area contributed by atoms with E-state index in [9.17, 15) is 14.0 Å². The van der Waals surface area contributed by atoms with Crippen molar-refractivity contribution in [3.63, 3.8) is 0 Å². The van der Waals surface area contributed by atoms with Crippen molar-refractivity contribution in [2.45, 2.75) is 46.7 Å². The lowest BCUT2D eigenvalue weighted by molar-refractivity contribution is -0.115. The van der Waals surface area contributed by atoms with Gasteiger partial charge in [-0.15, -0.1) is 0 Å². The Hall–Kier alpha value is -4.74. The van der Waals surface area contributed by atoms with Crippen molar-refractivity contribution in [2.75, 3.05) is 10.6 Å². The second-order valence-electron chi connectivity index (χ2n) is 9.14. The fourth-order valence-electron chi connectivity index (χ4n) is 4.26. The van der Waals surface area contributed by atoms with Gasteiger partial charge < -0.3 is 20.5 Å². The van der Waals surface area contributed by atoms with Crippen LogP contribution >= 0.6 is 0 Å². The maximum absolute atomic E-state index is 14.2. The molecule has 12 heteroatoms. The number of urea groups is 1. The van der Waals surface area contributed by atoms with Crippen molar-refractivity contribution in [2.24, 2.45) is 0 Å². The van der Waals surface area contributed by atoms with Crippen molar-refractivity contribution in [3.8, 4) is 11.1 Å². The van der Waals surface area contributed by atoms with Gasteiger partial charge >= 0.3 is 6.03 Å². The molecule has 1 saturated heterocycles. The molecule has 1 aliphatic rings.